The molecule has 1 saturated heterocycles. The van der Waals surface area contributed by atoms with Gasteiger partial charge in [-0.3, -0.25) is 9.59 Å². The largest absolute Gasteiger partial charge is 0.445 e. The van der Waals surface area contributed by atoms with Crippen LogP contribution in [-0.4, -0.2) is 103 Å². The Bertz CT molecular complexity index is 2260. The number of morpholine rings is 1. The van der Waals surface area contributed by atoms with Crippen molar-refractivity contribution in [2.75, 3.05) is 76.0 Å². The molecule has 0 bridgehead atoms. The fraction of sp³-hybridized carbons (Fsp3) is 0.341. The normalized spacial score (nSPS) is 13.4. The van der Waals surface area contributed by atoms with Crippen molar-refractivity contribution in [3.63, 3.8) is 0 Å². The molecule has 1 atom stereocenters. The van der Waals surface area contributed by atoms with Crippen molar-refractivity contribution in [2.24, 2.45) is 0 Å². The van der Waals surface area contributed by atoms with Crippen LogP contribution in [0, 0.1) is 6.92 Å². The molecule has 0 unspecified atom stereocenters. The van der Waals surface area contributed by atoms with Gasteiger partial charge in [0.1, 0.15) is 19.2 Å². The average molecular weight is 841 g/mol. The van der Waals surface area contributed by atoms with Gasteiger partial charge in [0.05, 0.1) is 44.5 Å². The summed E-state index contributed by atoms with van der Waals surface area (Å²) in [5, 5.41) is 9.19. The van der Waals surface area contributed by atoms with E-state index in [2.05, 4.69) is 25.6 Å². The lowest BCUT2D eigenvalue weighted by atomic mass is 10.0. The Morgan fingerprint density at radius 3 is 2.17 bits per heavy atom. The van der Waals surface area contributed by atoms with E-state index in [1.165, 1.54) is 12.1 Å². The Morgan fingerprint density at radius 1 is 0.783 bits per heavy atom. The summed E-state index contributed by atoms with van der Waals surface area (Å²) in [5.41, 5.74) is 4.78. The highest BCUT2D eigenvalue weighted by Gasteiger charge is 2.28. The SMILES string of the molecule is Cc1ccc(S(=O)(=O)N[C@@H](Cc2cn(CC(=O)NCCOCCOCCNC(=O)OCc3ccccc3)c3ccccc23)C(=O)Nc2ccc(N3CCOCC3)cc2)cc1. The van der Waals surface area contributed by atoms with Crippen molar-refractivity contribution in [1.82, 2.24) is 19.9 Å². The maximum atomic E-state index is 14.0. The molecule has 0 aliphatic carbocycles. The lowest BCUT2D eigenvalue weighted by molar-refractivity contribution is -0.122. The van der Waals surface area contributed by atoms with E-state index in [1.807, 2.05) is 73.7 Å². The second kappa shape index (κ2) is 22.0. The quantitative estimate of drug-likeness (QED) is 0.0776. The van der Waals surface area contributed by atoms with Crippen LogP contribution in [0.4, 0.5) is 16.2 Å². The molecule has 1 aliphatic heterocycles. The van der Waals surface area contributed by atoms with Gasteiger partial charge in [-0.1, -0.05) is 66.2 Å². The van der Waals surface area contributed by atoms with Crippen LogP contribution < -0.4 is 25.6 Å². The predicted octanol–water partition coefficient (Wildman–Crippen LogP) is 4.39. The number of aryl methyl sites for hydroxylation is 1. The Hall–Kier alpha value is -5.78. The van der Waals surface area contributed by atoms with Crippen molar-refractivity contribution in [3.05, 3.63) is 126 Å². The van der Waals surface area contributed by atoms with Gasteiger partial charge in [-0.05, 0) is 66.9 Å². The van der Waals surface area contributed by atoms with Gasteiger partial charge >= 0.3 is 6.09 Å². The molecule has 15 nitrogen and oxygen atoms in total. The summed E-state index contributed by atoms with van der Waals surface area (Å²) < 4.78 is 53.4. The predicted molar refractivity (Wildman–Crippen MR) is 228 cm³/mol. The topological polar surface area (TPSA) is 179 Å². The number of nitrogens with zero attached hydrogens (tertiary/aromatic N) is 2. The summed E-state index contributed by atoms with van der Waals surface area (Å²) in [6, 6.07) is 29.5. The molecule has 318 valence electrons. The summed E-state index contributed by atoms with van der Waals surface area (Å²) in [6.07, 6.45) is 1.28. The number of amides is 3. The number of para-hydroxylation sites is 1. The molecule has 1 aromatic heterocycles. The number of hydrogen-bond donors (Lipinski definition) is 4. The van der Waals surface area contributed by atoms with E-state index < -0.39 is 28.1 Å². The third kappa shape index (κ3) is 13.1. The molecule has 60 heavy (non-hydrogen) atoms. The summed E-state index contributed by atoms with van der Waals surface area (Å²) in [7, 11) is -4.10. The Labute approximate surface area is 350 Å². The molecule has 3 amide bonds. The van der Waals surface area contributed by atoms with E-state index in [-0.39, 0.29) is 43.5 Å². The number of rotatable bonds is 21. The molecule has 16 heteroatoms. The third-order valence-corrected chi connectivity index (χ3v) is 11.2. The summed E-state index contributed by atoms with van der Waals surface area (Å²) >= 11 is 0. The molecule has 0 radical (unpaired) electrons. The van der Waals surface area contributed by atoms with Crippen molar-refractivity contribution in [1.29, 1.82) is 0 Å². The van der Waals surface area contributed by atoms with Crippen LogP contribution in [0.25, 0.3) is 10.9 Å². The van der Waals surface area contributed by atoms with Gasteiger partial charge in [0.25, 0.3) is 0 Å². The van der Waals surface area contributed by atoms with Gasteiger partial charge in [0, 0.05) is 54.7 Å². The third-order valence-electron chi connectivity index (χ3n) is 9.73. The van der Waals surface area contributed by atoms with Crippen LogP contribution in [0.15, 0.2) is 114 Å². The zero-order valence-corrected chi connectivity index (χ0v) is 34.5. The molecular weight excluding hydrogens is 789 g/mol. The number of hydrogen-bond acceptors (Lipinski definition) is 10. The van der Waals surface area contributed by atoms with Crippen molar-refractivity contribution in [3.8, 4) is 0 Å². The number of aromatic nitrogens is 1. The molecule has 1 aliphatic rings. The lowest BCUT2D eigenvalue weighted by Gasteiger charge is -2.29. The monoisotopic (exact) mass is 840 g/mol. The van der Waals surface area contributed by atoms with E-state index in [0.717, 1.165) is 40.8 Å². The van der Waals surface area contributed by atoms with Crippen molar-refractivity contribution in [2.45, 2.75) is 37.4 Å². The molecule has 2 heterocycles. The number of sulfonamides is 1. The Balaban J connectivity index is 1.00. The molecule has 5 aromatic rings. The fourth-order valence-electron chi connectivity index (χ4n) is 6.60. The summed E-state index contributed by atoms with van der Waals surface area (Å²) in [6.45, 7) is 6.63. The number of anilines is 2. The number of benzene rings is 4. The molecule has 6 rings (SSSR count). The fourth-order valence-corrected chi connectivity index (χ4v) is 7.79. The highest BCUT2D eigenvalue weighted by atomic mass is 32.2. The Kier molecular flexibility index (Phi) is 16.1. The number of carbonyl (C=O) groups is 3. The number of carbonyl (C=O) groups excluding carboxylic acids is 3. The zero-order valence-electron chi connectivity index (χ0n) is 33.6. The highest BCUT2D eigenvalue weighted by molar-refractivity contribution is 7.89. The van der Waals surface area contributed by atoms with Crippen LogP contribution in [0.3, 0.4) is 0 Å². The van der Waals surface area contributed by atoms with E-state index in [9.17, 15) is 22.8 Å². The minimum Gasteiger partial charge on any atom is -0.445 e. The molecule has 0 spiro atoms. The second-order valence-corrected chi connectivity index (χ2v) is 15.9. The first-order valence-corrected chi connectivity index (χ1v) is 21.4. The second-order valence-electron chi connectivity index (χ2n) is 14.2. The van der Waals surface area contributed by atoms with E-state index in [0.29, 0.717) is 50.8 Å². The molecule has 0 saturated carbocycles. The van der Waals surface area contributed by atoms with Crippen LogP contribution in [-0.2, 0) is 58.1 Å². The molecule has 4 aromatic carbocycles. The molecule has 1 fully saturated rings. The number of ether oxygens (including phenoxy) is 4. The van der Waals surface area contributed by atoms with Crippen LogP contribution in [0.5, 0.6) is 0 Å². The van der Waals surface area contributed by atoms with Gasteiger partial charge in [-0.25, -0.2) is 13.2 Å². The first-order chi connectivity index (χ1) is 29.1. The highest BCUT2D eigenvalue weighted by Crippen LogP contribution is 2.25. The van der Waals surface area contributed by atoms with Gasteiger partial charge in [0.15, 0.2) is 0 Å². The Morgan fingerprint density at radius 2 is 1.45 bits per heavy atom. The number of alkyl carbamates (subject to hydrolysis) is 1. The van der Waals surface area contributed by atoms with Crippen molar-refractivity contribution < 1.29 is 41.7 Å². The average Bonchev–Trinajstić information content (AvgIpc) is 3.60. The lowest BCUT2D eigenvalue weighted by Crippen LogP contribution is -2.45. The van der Waals surface area contributed by atoms with E-state index in [4.69, 9.17) is 18.9 Å². The van der Waals surface area contributed by atoms with Gasteiger partial charge in [-0.2, -0.15) is 4.72 Å². The first-order valence-electron chi connectivity index (χ1n) is 19.9. The van der Waals surface area contributed by atoms with E-state index in [1.54, 1.807) is 35.0 Å². The molecular formula is C44H52N6O9S. The standard InChI is InChI=1S/C44H52N6O9S/c1-33-11-17-38(18-12-33)60(54,55)48-40(43(52)47-36-13-15-37(16-14-36)49-21-25-58-26-22-49)29-35-30-50(41-10-6-5-9-39(35)41)31-42(51)45-19-23-56-27-28-57-24-20-46-44(53)59-32-34-7-3-2-4-8-34/h2-18,30,40,48H,19-29,31-32H2,1H3,(H,45,51)(H,46,53)(H,47,52)/t40-/m0/s1. The maximum absolute atomic E-state index is 14.0. The van der Waals surface area contributed by atoms with Crippen LogP contribution >= 0.6 is 0 Å². The minimum atomic E-state index is -4.10. The maximum Gasteiger partial charge on any atom is 0.407 e. The smallest absolute Gasteiger partial charge is 0.407 e. The summed E-state index contributed by atoms with van der Waals surface area (Å²) in [5.74, 6) is -0.775. The van der Waals surface area contributed by atoms with Gasteiger partial charge < -0.3 is 44.4 Å². The van der Waals surface area contributed by atoms with Crippen LogP contribution in [0.2, 0.25) is 0 Å². The van der Waals surface area contributed by atoms with Gasteiger partial charge in [-0.15, -0.1) is 0 Å². The minimum absolute atomic E-state index is 0.00808. The zero-order chi connectivity index (χ0) is 42.2. The molecule has 4 N–H and O–H groups in total. The van der Waals surface area contributed by atoms with E-state index >= 15 is 0 Å². The first kappa shape index (κ1) is 43.8. The van der Waals surface area contributed by atoms with Crippen molar-refractivity contribution >= 4 is 50.2 Å². The number of fused-ring (bicyclic) bond motifs is 1. The van der Waals surface area contributed by atoms with Gasteiger partial charge in [0.2, 0.25) is 21.8 Å². The number of nitrogens with one attached hydrogen (secondary N) is 4. The van der Waals surface area contributed by atoms with Crippen LogP contribution in [0.1, 0.15) is 16.7 Å². The summed E-state index contributed by atoms with van der Waals surface area (Å²) in [4.78, 5) is 41.1.